The molecule has 1 unspecified atom stereocenters. The average Bonchev–Trinajstić information content (AvgIpc) is 2.82. The third kappa shape index (κ3) is 6.87. The first-order chi connectivity index (χ1) is 15.2. The first kappa shape index (κ1) is 22.4. The molecule has 156 valence electrons. The molecule has 3 rings (SSSR count). The molecular formula is C27H25BrN2O. The predicted octanol–water partition coefficient (Wildman–Crippen LogP) is 6.88. The second kappa shape index (κ2) is 11.8. The van der Waals surface area contributed by atoms with Crippen LogP contribution in [0, 0.1) is 17.2 Å². The SMILES string of the molecule is CN(/C(C#N)=C\C(/C=C/OCc1ccccc1)Cc1ccccc1Br)c1ccccc1. The van der Waals surface area contributed by atoms with Gasteiger partial charge in [-0.15, -0.1) is 0 Å². The molecule has 0 bridgehead atoms. The van der Waals surface area contributed by atoms with Crippen molar-refractivity contribution in [1.29, 1.82) is 5.26 Å². The molecule has 1 atom stereocenters. The quantitative estimate of drug-likeness (QED) is 0.251. The van der Waals surface area contributed by atoms with E-state index in [0.717, 1.165) is 22.1 Å². The summed E-state index contributed by atoms with van der Waals surface area (Å²) in [5.41, 5.74) is 3.86. The zero-order valence-corrected chi connectivity index (χ0v) is 19.1. The Morgan fingerprint density at radius 1 is 1.00 bits per heavy atom. The fraction of sp³-hybridized carbons (Fsp3) is 0.148. The van der Waals surface area contributed by atoms with Gasteiger partial charge in [0, 0.05) is 23.1 Å². The molecule has 0 aromatic heterocycles. The molecule has 0 radical (unpaired) electrons. The van der Waals surface area contributed by atoms with Crippen LogP contribution in [0.15, 0.2) is 114 Å². The van der Waals surface area contributed by atoms with Gasteiger partial charge in [0.1, 0.15) is 18.4 Å². The monoisotopic (exact) mass is 472 g/mol. The Hall–Kier alpha value is -3.29. The van der Waals surface area contributed by atoms with Gasteiger partial charge in [-0.1, -0.05) is 82.7 Å². The summed E-state index contributed by atoms with van der Waals surface area (Å²) < 4.78 is 6.82. The molecule has 0 amide bonds. The largest absolute Gasteiger partial charge is 0.497 e. The van der Waals surface area contributed by atoms with Crippen LogP contribution in [0.2, 0.25) is 0 Å². The molecule has 0 aliphatic heterocycles. The fourth-order valence-electron chi connectivity index (χ4n) is 3.19. The number of nitrogens with zero attached hydrogens (tertiary/aromatic N) is 2. The lowest BCUT2D eigenvalue weighted by atomic mass is 9.98. The molecule has 3 aromatic carbocycles. The number of allylic oxidation sites excluding steroid dienone is 3. The minimum Gasteiger partial charge on any atom is -0.497 e. The Bertz CT molecular complexity index is 1060. The van der Waals surface area contributed by atoms with Crippen molar-refractivity contribution in [2.75, 3.05) is 11.9 Å². The van der Waals surface area contributed by atoms with Crippen LogP contribution in [0.25, 0.3) is 0 Å². The van der Waals surface area contributed by atoms with Crippen LogP contribution in [0.3, 0.4) is 0 Å². The van der Waals surface area contributed by atoms with E-state index in [-0.39, 0.29) is 5.92 Å². The van der Waals surface area contributed by atoms with Gasteiger partial charge in [-0.3, -0.25) is 0 Å². The number of para-hydroxylation sites is 1. The molecule has 4 heteroatoms. The van der Waals surface area contributed by atoms with Crippen LogP contribution in [0.1, 0.15) is 11.1 Å². The van der Waals surface area contributed by atoms with Gasteiger partial charge < -0.3 is 9.64 Å². The summed E-state index contributed by atoms with van der Waals surface area (Å²) in [4.78, 5) is 1.91. The van der Waals surface area contributed by atoms with Crippen molar-refractivity contribution in [3.05, 3.63) is 125 Å². The lowest BCUT2D eigenvalue weighted by Gasteiger charge is -2.20. The maximum absolute atomic E-state index is 9.82. The minimum atomic E-state index is -0.00437. The van der Waals surface area contributed by atoms with E-state index < -0.39 is 0 Å². The molecule has 0 aliphatic carbocycles. The maximum atomic E-state index is 9.82. The Labute approximate surface area is 193 Å². The summed E-state index contributed by atoms with van der Waals surface area (Å²) in [5.74, 6) is -0.00437. The smallest absolute Gasteiger partial charge is 0.117 e. The number of benzene rings is 3. The van der Waals surface area contributed by atoms with Crippen molar-refractivity contribution in [1.82, 2.24) is 0 Å². The van der Waals surface area contributed by atoms with Crippen LogP contribution in [-0.4, -0.2) is 7.05 Å². The van der Waals surface area contributed by atoms with Crippen molar-refractivity contribution in [2.45, 2.75) is 13.0 Å². The van der Waals surface area contributed by atoms with Crippen molar-refractivity contribution in [2.24, 2.45) is 5.92 Å². The van der Waals surface area contributed by atoms with Crippen LogP contribution in [0.4, 0.5) is 5.69 Å². The van der Waals surface area contributed by atoms with Crippen molar-refractivity contribution < 1.29 is 4.74 Å². The summed E-state index contributed by atoms with van der Waals surface area (Å²) >= 11 is 3.63. The first-order valence-corrected chi connectivity index (χ1v) is 10.9. The molecule has 3 aromatic rings. The van der Waals surface area contributed by atoms with E-state index in [1.54, 1.807) is 6.26 Å². The summed E-state index contributed by atoms with van der Waals surface area (Å²) in [6.45, 7) is 0.512. The third-order valence-electron chi connectivity index (χ3n) is 4.92. The fourth-order valence-corrected chi connectivity index (χ4v) is 3.64. The van der Waals surface area contributed by atoms with E-state index in [1.807, 2.05) is 103 Å². The summed E-state index contributed by atoms with van der Waals surface area (Å²) in [7, 11) is 1.91. The summed E-state index contributed by atoms with van der Waals surface area (Å²) in [6.07, 6.45) is 6.50. The molecular weight excluding hydrogens is 448 g/mol. The molecule has 0 heterocycles. The molecule has 0 saturated heterocycles. The van der Waals surface area contributed by atoms with E-state index >= 15 is 0 Å². The van der Waals surface area contributed by atoms with Crippen molar-refractivity contribution in [3.8, 4) is 6.07 Å². The van der Waals surface area contributed by atoms with Crippen LogP contribution in [-0.2, 0) is 17.8 Å². The van der Waals surface area contributed by atoms with Gasteiger partial charge in [0.15, 0.2) is 0 Å². The highest BCUT2D eigenvalue weighted by molar-refractivity contribution is 9.10. The summed E-state index contributed by atoms with van der Waals surface area (Å²) in [5, 5.41) is 9.82. The average molecular weight is 473 g/mol. The minimum absolute atomic E-state index is 0.00437. The summed E-state index contributed by atoms with van der Waals surface area (Å²) in [6, 6.07) is 30.5. The van der Waals surface area contributed by atoms with E-state index in [2.05, 4.69) is 28.1 Å². The molecule has 31 heavy (non-hydrogen) atoms. The van der Waals surface area contributed by atoms with E-state index in [9.17, 15) is 5.26 Å². The second-order valence-electron chi connectivity index (χ2n) is 7.14. The number of halogens is 1. The van der Waals surface area contributed by atoms with Gasteiger partial charge in [0.2, 0.25) is 0 Å². The lowest BCUT2D eigenvalue weighted by molar-refractivity contribution is 0.234. The Balaban J connectivity index is 1.80. The number of anilines is 1. The Morgan fingerprint density at radius 2 is 1.65 bits per heavy atom. The van der Waals surface area contributed by atoms with Crippen LogP contribution in [0.5, 0.6) is 0 Å². The van der Waals surface area contributed by atoms with Gasteiger partial charge >= 0.3 is 0 Å². The molecule has 0 saturated carbocycles. The normalized spacial score (nSPS) is 12.4. The van der Waals surface area contributed by atoms with Gasteiger partial charge in [-0.2, -0.15) is 5.26 Å². The van der Waals surface area contributed by atoms with Crippen molar-refractivity contribution in [3.63, 3.8) is 0 Å². The van der Waals surface area contributed by atoms with Crippen LogP contribution >= 0.6 is 15.9 Å². The predicted molar refractivity (Wildman–Crippen MR) is 130 cm³/mol. The maximum Gasteiger partial charge on any atom is 0.117 e. The number of nitriles is 1. The van der Waals surface area contributed by atoms with E-state index in [1.165, 1.54) is 5.56 Å². The van der Waals surface area contributed by atoms with Gasteiger partial charge in [0.05, 0.1) is 6.26 Å². The second-order valence-corrected chi connectivity index (χ2v) is 8.00. The number of rotatable bonds is 9. The van der Waals surface area contributed by atoms with E-state index in [0.29, 0.717) is 12.3 Å². The number of hydrogen-bond acceptors (Lipinski definition) is 3. The number of ether oxygens (including phenoxy) is 1. The number of hydrogen-bond donors (Lipinski definition) is 0. The molecule has 3 nitrogen and oxygen atoms in total. The third-order valence-corrected chi connectivity index (χ3v) is 5.69. The lowest BCUT2D eigenvalue weighted by Crippen LogP contribution is -2.16. The topological polar surface area (TPSA) is 36.3 Å². The van der Waals surface area contributed by atoms with Crippen LogP contribution < -0.4 is 4.90 Å². The zero-order valence-electron chi connectivity index (χ0n) is 17.5. The van der Waals surface area contributed by atoms with Gasteiger partial charge in [-0.25, -0.2) is 0 Å². The standard InChI is InChI=1S/C27H25BrN2O/c1-30(25-13-6-3-7-14-25)26(20-29)19-23(18-24-12-8-9-15-27(24)28)16-17-31-21-22-10-4-2-5-11-22/h2-17,19,23H,18,21H2,1H3/b17-16+,26-19-. The molecule has 0 N–H and O–H groups in total. The Kier molecular flexibility index (Phi) is 8.51. The highest BCUT2D eigenvalue weighted by atomic mass is 79.9. The first-order valence-electron chi connectivity index (χ1n) is 10.1. The zero-order chi connectivity index (χ0) is 21.9. The molecule has 0 fully saturated rings. The molecule has 0 spiro atoms. The molecule has 0 aliphatic rings. The van der Waals surface area contributed by atoms with Gasteiger partial charge in [-0.05, 0) is 47.9 Å². The van der Waals surface area contributed by atoms with Crippen molar-refractivity contribution >= 4 is 21.6 Å². The van der Waals surface area contributed by atoms with Gasteiger partial charge in [0.25, 0.3) is 0 Å². The highest BCUT2D eigenvalue weighted by Gasteiger charge is 2.12. The highest BCUT2D eigenvalue weighted by Crippen LogP contribution is 2.23. The van der Waals surface area contributed by atoms with E-state index in [4.69, 9.17) is 4.74 Å². The Morgan fingerprint density at radius 3 is 2.32 bits per heavy atom.